The molecule has 8 nitrogen and oxygen atoms in total. The molecule has 14 heteroatoms. The van der Waals surface area contributed by atoms with Crippen molar-refractivity contribution in [2.75, 3.05) is 50.9 Å². The first kappa shape index (κ1) is 30.0. The van der Waals surface area contributed by atoms with Crippen molar-refractivity contribution in [1.82, 2.24) is 25.1 Å². The van der Waals surface area contributed by atoms with E-state index in [9.17, 15) is 17.6 Å². The molecule has 0 amide bonds. The Balaban J connectivity index is 1.42. The van der Waals surface area contributed by atoms with Crippen LogP contribution in [0.3, 0.4) is 0 Å². The summed E-state index contributed by atoms with van der Waals surface area (Å²) >= 11 is 0. The van der Waals surface area contributed by atoms with E-state index in [2.05, 4.69) is 20.2 Å². The standard InChI is InChI=1S/C31H32F6N6O2/c1-16-12-42(6-7-44-14-16)28-19-9-21(33)24(23-20-11-38-41-22(20)8-17(2)25(23)31(35,36)37)26(34)27(19)39-29(40-28)45-15-30-4-3-5-43(30)13-18(32)10-30/h8-9,11,16,18H,3-7,10,12-15H2,1-2H3,(H,38,41)/t16-,18-,30+/m1/s1. The zero-order chi connectivity index (χ0) is 31.7. The van der Waals surface area contributed by atoms with Crippen molar-refractivity contribution >= 4 is 27.6 Å². The van der Waals surface area contributed by atoms with Gasteiger partial charge in [-0.2, -0.15) is 28.2 Å². The number of nitrogens with one attached hydrogen (secondary N) is 1. The summed E-state index contributed by atoms with van der Waals surface area (Å²) in [5.74, 6) is -2.24. The van der Waals surface area contributed by atoms with Crippen molar-refractivity contribution in [3.05, 3.63) is 41.1 Å². The smallest absolute Gasteiger partial charge is 0.417 e. The van der Waals surface area contributed by atoms with E-state index >= 15 is 8.78 Å². The molecule has 0 aliphatic carbocycles. The minimum absolute atomic E-state index is 0.00908. The van der Waals surface area contributed by atoms with Crippen molar-refractivity contribution < 1.29 is 35.8 Å². The van der Waals surface area contributed by atoms with Crippen molar-refractivity contribution in [2.24, 2.45) is 5.92 Å². The zero-order valence-electron chi connectivity index (χ0n) is 24.8. The highest BCUT2D eigenvalue weighted by Gasteiger charge is 2.49. The molecule has 2 aromatic carbocycles. The highest BCUT2D eigenvalue weighted by Crippen LogP contribution is 2.46. The van der Waals surface area contributed by atoms with Crippen LogP contribution in [-0.2, 0) is 10.9 Å². The molecule has 3 aliphatic rings. The van der Waals surface area contributed by atoms with Gasteiger partial charge in [-0.3, -0.25) is 10.00 Å². The number of alkyl halides is 4. The molecule has 3 fully saturated rings. The molecule has 3 atom stereocenters. The number of ether oxygens (including phenoxy) is 2. The third-order valence-corrected chi connectivity index (χ3v) is 9.29. The predicted octanol–water partition coefficient (Wildman–Crippen LogP) is 6.21. The number of nitrogens with zero attached hydrogens (tertiary/aromatic N) is 5. The lowest BCUT2D eigenvalue weighted by atomic mass is 9.91. The molecule has 4 aromatic rings. The van der Waals surface area contributed by atoms with E-state index in [1.54, 1.807) is 0 Å². The molecule has 0 saturated carbocycles. The molecule has 240 valence electrons. The molecular formula is C31H32F6N6O2. The van der Waals surface area contributed by atoms with Gasteiger partial charge in [0.25, 0.3) is 0 Å². The monoisotopic (exact) mass is 634 g/mol. The van der Waals surface area contributed by atoms with E-state index in [0.717, 1.165) is 25.2 Å². The molecule has 45 heavy (non-hydrogen) atoms. The largest absolute Gasteiger partial charge is 0.461 e. The fourth-order valence-electron chi connectivity index (χ4n) is 7.37. The van der Waals surface area contributed by atoms with E-state index in [4.69, 9.17) is 9.47 Å². The van der Waals surface area contributed by atoms with Gasteiger partial charge in [-0.05, 0) is 49.9 Å². The lowest BCUT2D eigenvalue weighted by Crippen LogP contribution is -2.43. The van der Waals surface area contributed by atoms with Gasteiger partial charge in [0, 0.05) is 42.4 Å². The van der Waals surface area contributed by atoms with Gasteiger partial charge in [0.15, 0.2) is 5.82 Å². The van der Waals surface area contributed by atoms with Crippen LogP contribution in [0, 0.1) is 24.5 Å². The van der Waals surface area contributed by atoms with Crippen LogP contribution in [0.25, 0.3) is 32.9 Å². The normalized spacial score (nSPS) is 24.5. The van der Waals surface area contributed by atoms with Gasteiger partial charge in [-0.15, -0.1) is 0 Å². The summed E-state index contributed by atoms with van der Waals surface area (Å²) in [6.45, 7) is 5.90. The van der Waals surface area contributed by atoms with Crippen molar-refractivity contribution in [3.8, 4) is 17.1 Å². The number of aromatic nitrogens is 4. The second-order valence-electron chi connectivity index (χ2n) is 12.5. The molecule has 3 saturated heterocycles. The molecule has 1 N–H and O–H groups in total. The van der Waals surface area contributed by atoms with Crippen LogP contribution in [0.2, 0.25) is 0 Å². The Morgan fingerprint density at radius 2 is 1.93 bits per heavy atom. The van der Waals surface area contributed by atoms with Crippen molar-refractivity contribution in [2.45, 2.75) is 51.0 Å². The minimum Gasteiger partial charge on any atom is -0.461 e. The molecule has 0 bridgehead atoms. The average Bonchev–Trinajstić information content (AvgIpc) is 3.62. The fraction of sp³-hybridized carbons (Fsp3) is 0.516. The van der Waals surface area contributed by atoms with Gasteiger partial charge in [-0.1, -0.05) is 6.92 Å². The molecular weight excluding hydrogens is 602 g/mol. The molecule has 2 aromatic heterocycles. The van der Waals surface area contributed by atoms with Crippen LogP contribution in [0.5, 0.6) is 6.01 Å². The topological polar surface area (TPSA) is 79.4 Å². The third kappa shape index (κ3) is 5.15. The van der Waals surface area contributed by atoms with Crippen molar-refractivity contribution in [1.29, 1.82) is 0 Å². The van der Waals surface area contributed by atoms with Gasteiger partial charge in [0.2, 0.25) is 0 Å². The fourth-order valence-corrected chi connectivity index (χ4v) is 7.37. The van der Waals surface area contributed by atoms with Crippen LogP contribution in [0.15, 0.2) is 18.3 Å². The maximum atomic E-state index is 16.8. The highest BCUT2D eigenvalue weighted by molar-refractivity contribution is 6.01. The Bertz CT molecular complexity index is 1780. The maximum Gasteiger partial charge on any atom is 0.417 e. The first-order valence-electron chi connectivity index (χ1n) is 15.0. The molecule has 3 aliphatic heterocycles. The Morgan fingerprint density at radius 3 is 2.73 bits per heavy atom. The number of anilines is 1. The summed E-state index contributed by atoms with van der Waals surface area (Å²) in [6, 6.07) is 2.01. The Hall–Kier alpha value is -3.65. The van der Waals surface area contributed by atoms with E-state index < -0.39 is 46.2 Å². The van der Waals surface area contributed by atoms with E-state index in [1.807, 2.05) is 16.7 Å². The first-order chi connectivity index (χ1) is 21.4. The number of benzene rings is 2. The van der Waals surface area contributed by atoms with Crippen LogP contribution in [0.4, 0.5) is 32.2 Å². The van der Waals surface area contributed by atoms with Crippen LogP contribution >= 0.6 is 0 Å². The number of H-pyrrole nitrogens is 1. The van der Waals surface area contributed by atoms with Gasteiger partial charge >= 0.3 is 12.2 Å². The Labute approximate surface area is 254 Å². The summed E-state index contributed by atoms with van der Waals surface area (Å²) in [4.78, 5) is 12.8. The van der Waals surface area contributed by atoms with Gasteiger partial charge in [0.1, 0.15) is 29.9 Å². The first-order valence-corrected chi connectivity index (χ1v) is 15.0. The number of fused-ring (bicyclic) bond motifs is 3. The van der Waals surface area contributed by atoms with Crippen LogP contribution < -0.4 is 9.64 Å². The number of rotatable bonds is 5. The minimum atomic E-state index is -4.92. The summed E-state index contributed by atoms with van der Waals surface area (Å²) in [7, 11) is 0. The van der Waals surface area contributed by atoms with Crippen LogP contribution in [-0.4, -0.2) is 82.8 Å². The summed E-state index contributed by atoms with van der Waals surface area (Å²) in [5, 5.41) is 6.35. The molecule has 0 radical (unpaired) electrons. The zero-order valence-corrected chi connectivity index (χ0v) is 24.8. The van der Waals surface area contributed by atoms with Gasteiger partial charge in [0.05, 0.1) is 41.6 Å². The lowest BCUT2D eigenvalue weighted by molar-refractivity contribution is -0.137. The number of halogens is 6. The number of aromatic amines is 1. The van der Waals surface area contributed by atoms with E-state index in [-0.39, 0.29) is 58.1 Å². The second kappa shape index (κ2) is 11.0. The van der Waals surface area contributed by atoms with Gasteiger partial charge < -0.3 is 14.4 Å². The SMILES string of the molecule is Cc1cc2[nH]ncc2c(-c2c(F)cc3c(N4CCOC[C@H](C)C4)nc(OC[C@@]45CCCN4C[C@H](F)C5)nc3c2F)c1C(F)(F)F. The molecule has 5 heterocycles. The lowest BCUT2D eigenvalue weighted by Gasteiger charge is -2.31. The quantitative estimate of drug-likeness (QED) is 0.262. The van der Waals surface area contributed by atoms with E-state index in [1.165, 1.54) is 13.0 Å². The summed E-state index contributed by atoms with van der Waals surface area (Å²) in [5.41, 5.74) is -3.66. The summed E-state index contributed by atoms with van der Waals surface area (Å²) < 4.78 is 102. The average molecular weight is 635 g/mol. The van der Waals surface area contributed by atoms with Gasteiger partial charge in [-0.25, -0.2) is 13.2 Å². The Morgan fingerprint density at radius 1 is 1.11 bits per heavy atom. The van der Waals surface area contributed by atoms with Crippen molar-refractivity contribution in [3.63, 3.8) is 0 Å². The molecule has 0 spiro atoms. The predicted molar refractivity (Wildman–Crippen MR) is 155 cm³/mol. The highest BCUT2D eigenvalue weighted by atomic mass is 19.4. The molecule has 0 unspecified atom stereocenters. The number of hydrogen-bond acceptors (Lipinski definition) is 7. The number of aryl methyl sites for hydroxylation is 1. The summed E-state index contributed by atoms with van der Waals surface area (Å²) in [6.07, 6.45) is -2.93. The van der Waals surface area contributed by atoms with E-state index in [0.29, 0.717) is 39.3 Å². The Kier molecular flexibility index (Phi) is 7.34. The maximum absolute atomic E-state index is 16.8. The number of hydrogen-bond donors (Lipinski definition) is 1. The van der Waals surface area contributed by atoms with Crippen LogP contribution in [0.1, 0.15) is 37.3 Å². The molecule has 7 rings (SSSR count). The second-order valence-corrected chi connectivity index (χ2v) is 12.5. The third-order valence-electron chi connectivity index (χ3n) is 9.29.